The molecule has 20 heavy (non-hydrogen) atoms. The van der Waals surface area contributed by atoms with Gasteiger partial charge in [0.2, 0.25) is 0 Å². The van der Waals surface area contributed by atoms with Gasteiger partial charge in [0.1, 0.15) is 0 Å². The first-order valence-corrected chi connectivity index (χ1v) is 7.96. The van der Waals surface area contributed by atoms with E-state index in [4.69, 9.17) is 4.74 Å². The van der Waals surface area contributed by atoms with Gasteiger partial charge in [0, 0.05) is 0 Å². The summed E-state index contributed by atoms with van der Waals surface area (Å²) in [6, 6.07) is 9.30. The van der Waals surface area contributed by atoms with Crippen LogP contribution in [0.25, 0.3) is 0 Å². The Morgan fingerprint density at radius 2 is 1.70 bits per heavy atom. The minimum Gasteiger partial charge on any atom is -0.377 e. The van der Waals surface area contributed by atoms with E-state index in [0.717, 1.165) is 26.0 Å². The zero-order valence-corrected chi connectivity index (χ0v) is 13.8. The SMILES string of the molecule is CCCNC(COC(C)C)c1ccc(CC(C)C)cc1. The molecule has 1 rings (SSSR count). The molecule has 0 aromatic heterocycles. The van der Waals surface area contributed by atoms with Crippen molar-refractivity contribution >= 4 is 0 Å². The van der Waals surface area contributed by atoms with Crippen molar-refractivity contribution in [3.63, 3.8) is 0 Å². The van der Waals surface area contributed by atoms with Crippen LogP contribution in [0.4, 0.5) is 0 Å². The van der Waals surface area contributed by atoms with Gasteiger partial charge in [-0.3, -0.25) is 0 Å². The Kier molecular flexibility index (Phi) is 7.86. The Morgan fingerprint density at radius 1 is 1.05 bits per heavy atom. The predicted molar refractivity (Wildman–Crippen MR) is 87.1 cm³/mol. The van der Waals surface area contributed by atoms with Crippen LogP contribution >= 0.6 is 0 Å². The molecule has 1 unspecified atom stereocenters. The third kappa shape index (κ3) is 6.53. The van der Waals surface area contributed by atoms with Gasteiger partial charge in [-0.1, -0.05) is 45.0 Å². The van der Waals surface area contributed by atoms with Gasteiger partial charge < -0.3 is 10.1 Å². The summed E-state index contributed by atoms with van der Waals surface area (Å²) >= 11 is 0. The Balaban J connectivity index is 2.68. The van der Waals surface area contributed by atoms with Crippen molar-refractivity contribution in [3.8, 4) is 0 Å². The maximum atomic E-state index is 5.79. The summed E-state index contributed by atoms with van der Waals surface area (Å²) in [5.41, 5.74) is 2.74. The van der Waals surface area contributed by atoms with E-state index in [2.05, 4.69) is 64.2 Å². The second kappa shape index (κ2) is 9.15. The van der Waals surface area contributed by atoms with Crippen molar-refractivity contribution in [1.82, 2.24) is 5.32 Å². The average Bonchev–Trinajstić information content (AvgIpc) is 2.39. The van der Waals surface area contributed by atoms with Crippen LogP contribution in [0.15, 0.2) is 24.3 Å². The van der Waals surface area contributed by atoms with E-state index in [1.807, 2.05) is 0 Å². The van der Waals surface area contributed by atoms with E-state index < -0.39 is 0 Å². The highest BCUT2D eigenvalue weighted by molar-refractivity contribution is 5.25. The minimum atomic E-state index is 0.279. The van der Waals surface area contributed by atoms with E-state index in [1.54, 1.807) is 0 Å². The Hall–Kier alpha value is -0.860. The zero-order valence-electron chi connectivity index (χ0n) is 13.8. The summed E-state index contributed by atoms with van der Waals surface area (Å²) in [6.07, 6.45) is 2.57. The van der Waals surface area contributed by atoms with Gasteiger partial charge in [0.15, 0.2) is 0 Å². The molecule has 0 aliphatic rings. The van der Waals surface area contributed by atoms with Crippen LogP contribution in [-0.2, 0) is 11.2 Å². The molecule has 2 nitrogen and oxygen atoms in total. The molecule has 0 heterocycles. The lowest BCUT2D eigenvalue weighted by Crippen LogP contribution is -2.27. The molecule has 0 fully saturated rings. The monoisotopic (exact) mass is 277 g/mol. The number of hydrogen-bond donors (Lipinski definition) is 1. The molecule has 0 saturated heterocycles. The molecule has 114 valence electrons. The number of hydrogen-bond acceptors (Lipinski definition) is 2. The van der Waals surface area contributed by atoms with Crippen molar-refractivity contribution in [2.24, 2.45) is 5.92 Å². The lowest BCUT2D eigenvalue weighted by atomic mass is 9.99. The van der Waals surface area contributed by atoms with Crippen molar-refractivity contribution in [3.05, 3.63) is 35.4 Å². The van der Waals surface area contributed by atoms with Crippen LogP contribution < -0.4 is 5.32 Å². The Morgan fingerprint density at radius 3 is 2.20 bits per heavy atom. The third-order valence-electron chi connectivity index (χ3n) is 3.26. The van der Waals surface area contributed by atoms with Gasteiger partial charge in [-0.2, -0.15) is 0 Å². The van der Waals surface area contributed by atoms with Crippen molar-refractivity contribution in [1.29, 1.82) is 0 Å². The molecule has 0 aliphatic carbocycles. The third-order valence-corrected chi connectivity index (χ3v) is 3.26. The Bertz CT molecular complexity index is 356. The summed E-state index contributed by atoms with van der Waals surface area (Å²) in [7, 11) is 0. The number of benzene rings is 1. The van der Waals surface area contributed by atoms with Crippen LogP contribution in [0.2, 0.25) is 0 Å². The van der Waals surface area contributed by atoms with Crippen LogP contribution in [-0.4, -0.2) is 19.3 Å². The zero-order chi connectivity index (χ0) is 15.0. The number of ether oxygens (including phenoxy) is 1. The normalized spacial score (nSPS) is 13.2. The highest BCUT2D eigenvalue weighted by atomic mass is 16.5. The lowest BCUT2D eigenvalue weighted by Gasteiger charge is -2.21. The molecule has 0 aliphatic heterocycles. The molecule has 0 saturated carbocycles. The van der Waals surface area contributed by atoms with Crippen LogP contribution in [0.1, 0.15) is 58.2 Å². The average molecular weight is 277 g/mol. The standard InChI is InChI=1S/C18H31NO/c1-6-11-19-18(13-20-15(4)5)17-9-7-16(8-10-17)12-14(2)3/h7-10,14-15,18-19H,6,11-13H2,1-5H3. The van der Waals surface area contributed by atoms with Crippen LogP contribution in [0.5, 0.6) is 0 Å². The van der Waals surface area contributed by atoms with E-state index in [9.17, 15) is 0 Å². The second-order valence-corrected chi connectivity index (χ2v) is 6.23. The van der Waals surface area contributed by atoms with Gasteiger partial charge in [0.05, 0.1) is 18.8 Å². The van der Waals surface area contributed by atoms with Gasteiger partial charge >= 0.3 is 0 Å². The van der Waals surface area contributed by atoms with E-state index in [0.29, 0.717) is 12.0 Å². The number of nitrogens with one attached hydrogen (secondary N) is 1. The molecule has 0 amide bonds. The largest absolute Gasteiger partial charge is 0.377 e. The molecule has 1 aromatic carbocycles. The van der Waals surface area contributed by atoms with Gasteiger partial charge in [0.25, 0.3) is 0 Å². The summed E-state index contributed by atoms with van der Waals surface area (Å²) in [5.74, 6) is 0.708. The first-order valence-electron chi connectivity index (χ1n) is 7.96. The van der Waals surface area contributed by atoms with Gasteiger partial charge in [-0.05, 0) is 50.3 Å². The maximum absolute atomic E-state index is 5.79. The Labute approximate surface area is 124 Å². The highest BCUT2D eigenvalue weighted by Crippen LogP contribution is 2.17. The number of rotatable bonds is 9. The molecule has 1 aromatic rings. The molecular formula is C18H31NO. The molecular weight excluding hydrogens is 246 g/mol. The minimum absolute atomic E-state index is 0.279. The van der Waals surface area contributed by atoms with Crippen LogP contribution in [0.3, 0.4) is 0 Å². The van der Waals surface area contributed by atoms with E-state index >= 15 is 0 Å². The predicted octanol–water partition coefficient (Wildman–Crippen LogP) is 4.35. The summed E-state index contributed by atoms with van der Waals surface area (Å²) < 4.78 is 5.79. The summed E-state index contributed by atoms with van der Waals surface area (Å²) in [5, 5.41) is 3.58. The summed E-state index contributed by atoms with van der Waals surface area (Å²) in [4.78, 5) is 0. The van der Waals surface area contributed by atoms with Gasteiger partial charge in [-0.15, -0.1) is 0 Å². The van der Waals surface area contributed by atoms with Gasteiger partial charge in [-0.25, -0.2) is 0 Å². The first-order chi connectivity index (χ1) is 9.52. The fourth-order valence-corrected chi connectivity index (χ4v) is 2.24. The lowest BCUT2D eigenvalue weighted by molar-refractivity contribution is 0.0611. The first kappa shape index (κ1) is 17.2. The highest BCUT2D eigenvalue weighted by Gasteiger charge is 2.12. The molecule has 2 heteroatoms. The van der Waals surface area contributed by atoms with E-state index in [-0.39, 0.29) is 6.10 Å². The maximum Gasteiger partial charge on any atom is 0.0664 e. The van der Waals surface area contributed by atoms with Crippen molar-refractivity contribution in [2.45, 2.75) is 59.6 Å². The second-order valence-electron chi connectivity index (χ2n) is 6.23. The van der Waals surface area contributed by atoms with Crippen molar-refractivity contribution in [2.75, 3.05) is 13.2 Å². The van der Waals surface area contributed by atoms with E-state index in [1.165, 1.54) is 11.1 Å². The molecule has 1 N–H and O–H groups in total. The molecule has 0 spiro atoms. The fraction of sp³-hybridized carbons (Fsp3) is 0.667. The topological polar surface area (TPSA) is 21.3 Å². The van der Waals surface area contributed by atoms with Crippen molar-refractivity contribution < 1.29 is 4.74 Å². The summed E-state index contributed by atoms with van der Waals surface area (Å²) in [6.45, 7) is 12.7. The van der Waals surface area contributed by atoms with Crippen LogP contribution in [0, 0.1) is 5.92 Å². The molecule has 1 atom stereocenters. The fourth-order valence-electron chi connectivity index (χ4n) is 2.24. The molecule has 0 radical (unpaired) electrons. The quantitative estimate of drug-likeness (QED) is 0.724. The smallest absolute Gasteiger partial charge is 0.0664 e. The molecule has 0 bridgehead atoms.